The van der Waals surface area contributed by atoms with Gasteiger partial charge >= 0.3 is 0 Å². The Balaban J connectivity index is 1.41. The minimum atomic E-state index is -0.594. The van der Waals surface area contributed by atoms with E-state index in [2.05, 4.69) is 52.8 Å². The molecule has 3 heterocycles. The number of hydrogen-bond donors (Lipinski definition) is 0. The smallest absolute Gasteiger partial charge is 0.231 e. The van der Waals surface area contributed by atoms with Crippen LogP contribution in [-0.4, -0.2) is 42.3 Å². The molecule has 0 saturated carbocycles. The van der Waals surface area contributed by atoms with Crippen molar-refractivity contribution in [2.75, 3.05) is 27.8 Å². The lowest BCUT2D eigenvalue weighted by molar-refractivity contribution is -0.109. The standard InChI is InChI=1S/C33H37N3O6/c1-4-5-15-36-26(31(33(37-2)38-3)34-32(36)25-9-7-6-8-10-25)20-35(18-23-11-13-27-29(16-23)41-21-39-27)19-24-12-14-28-30(17-24)42-22-40-28/h6-14,16-17,33H,4-5,15,18-22H2,1-3H3. The fraction of sp³-hybridized carbons (Fsp3) is 0.364. The van der Waals surface area contributed by atoms with Crippen LogP contribution in [0.2, 0.25) is 0 Å². The Kier molecular flexibility index (Phi) is 8.60. The summed E-state index contributed by atoms with van der Waals surface area (Å²) in [6.45, 7) is 5.51. The van der Waals surface area contributed by atoms with Crippen molar-refractivity contribution < 1.29 is 28.4 Å². The minimum absolute atomic E-state index is 0.247. The summed E-state index contributed by atoms with van der Waals surface area (Å²) >= 11 is 0. The van der Waals surface area contributed by atoms with Gasteiger partial charge in [-0.25, -0.2) is 4.98 Å². The highest BCUT2D eigenvalue weighted by atomic mass is 16.7. The zero-order valence-corrected chi connectivity index (χ0v) is 24.4. The lowest BCUT2D eigenvalue weighted by atomic mass is 10.1. The maximum absolute atomic E-state index is 5.78. The fourth-order valence-corrected chi connectivity index (χ4v) is 5.52. The van der Waals surface area contributed by atoms with Crippen LogP contribution in [0.3, 0.4) is 0 Å². The van der Waals surface area contributed by atoms with Crippen molar-refractivity contribution in [3.63, 3.8) is 0 Å². The van der Waals surface area contributed by atoms with E-state index in [1.165, 1.54) is 0 Å². The molecule has 0 saturated heterocycles. The zero-order valence-electron chi connectivity index (χ0n) is 24.4. The van der Waals surface area contributed by atoms with E-state index in [9.17, 15) is 0 Å². The highest BCUT2D eigenvalue weighted by Gasteiger charge is 2.27. The molecule has 0 amide bonds. The third-order valence-electron chi connectivity index (χ3n) is 7.58. The van der Waals surface area contributed by atoms with Gasteiger partial charge in [0.25, 0.3) is 0 Å². The fourth-order valence-electron chi connectivity index (χ4n) is 5.52. The minimum Gasteiger partial charge on any atom is -0.454 e. The van der Waals surface area contributed by atoms with E-state index >= 15 is 0 Å². The first-order chi connectivity index (χ1) is 20.7. The Morgan fingerprint density at radius 1 is 0.786 bits per heavy atom. The highest BCUT2D eigenvalue weighted by molar-refractivity contribution is 5.57. The van der Waals surface area contributed by atoms with E-state index < -0.39 is 6.29 Å². The second-order valence-electron chi connectivity index (χ2n) is 10.5. The molecule has 0 spiro atoms. The molecule has 220 valence electrons. The molecule has 0 aliphatic carbocycles. The van der Waals surface area contributed by atoms with Gasteiger partial charge in [-0.1, -0.05) is 55.8 Å². The van der Waals surface area contributed by atoms with Gasteiger partial charge in [0.1, 0.15) is 11.5 Å². The van der Waals surface area contributed by atoms with Gasteiger partial charge in [-0.15, -0.1) is 0 Å². The molecule has 0 N–H and O–H groups in total. The van der Waals surface area contributed by atoms with Crippen LogP contribution in [-0.2, 0) is 35.7 Å². The summed E-state index contributed by atoms with van der Waals surface area (Å²) in [7, 11) is 3.31. The lowest BCUT2D eigenvalue weighted by Crippen LogP contribution is -2.25. The van der Waals surface area contributed by atoms with Crippen molar-refractivity contribution in [1.82, 2.24) is 14.5 Å². The quantitative estimate of drug-likeness (QED) is 0.173. The number of fused-ring (bicyclic) bond motifs is 2. The van der Waals surface area contributed by atoms with E-state index in [0.717, 1.165) is 76.3 Å². The number of ether oxygens (including phenoxy) is 6. The van der Waals surface area contributed by atoms with Crippen LogP contribution < -0.4 is 18.9 Å². The molecule has 2 aliphatic rings. The van der Waals surface area contributed by atoms with Crippen LogP contribution in [0.1, 0.15) is 48.6 Å². The Morgan fingerprint density at radius 3 is 1.95 bits per heavy atom. The van der Waals surface area contributed by atoms with Crippen molar-refractivity contribution in [1.29, 1.82) is 0 Å². The molecule has 6 rings (SSSR count). The average Bonchev–Trinajstić information content (AvgIpc) is 3.76. The molecule has 0 atom stereocenters. The van der Waals surface area contributed by atoms with E-state index in [4.69, 9.17) is 33.4 Å². The number of hydrogen-bond acceptors (Lipinski definition) is 8. The predicted octanol–water partition coefficient (Wildman–Crippen LogP) is 6.30. The molecular formula is C33H37N3O6. The van der Waals surface area contributed by atoms with Crippen molar-refractivity contribution in [3.05, 3.63) is 89.2 Å². The summed E-state index contributed by atoms with van der Waals surface area (Å²) in [4.78, 5) is 7.55. The molecule has 0 radical (unpaired) electrons. The highest BCUT2D eigenvalue weighted by Crippen LogP contribution is 2.36. The van der Waals surface area contributed by atoms with Crippen molar-refractivity contribution in [2.24, 2.45) is 0 Å². The second-order valence-corrected chi connectivity index (χ2v) is 10.5. The molecular weight excluding hydrogens is 534 g/mol. The van der Waals surface area contributed by atoms with E-state index in [1.54, 1.807) is 14.2 Å². The first-order valence-electron chi connectivity index (χ1n) is 14.4. The van der Waals surface area contributed by atoms with Crippen molar-refractivity contribution in [3.8, 4) is 34.4 Å². The van der Waals surface area contributed by atoms with Crippen LogP contribution in [0, 0.1) is 0 Å². The van der Waals surface area contributed by atoms with Crippen LogP contribution >= 0.6 is 0 Å². The molecule has 42 heavy (non-hydrogen) atoms. The van der Waals surface area contributed by atoms with Crippen LogP contribution in [0.4, 0.5) is 0 Å². The number of unbranched alkanes of at least 4 members (excludes halogenated alkanes) is 1. The van der Waals surface area contributed by atoms with Gasteiger partial charge < -0.3 is 33.0 Å². The molecule has 0 bridgehead atoms. The summed E-state index contributed by atoms with van der Waals surface area (Å²) in [6, 6.07) is 22.6. The maximum atomic E-state index is 5.78. The summed E-state index contributed by atoms with van der Waals surface area (Å²) in [5.41, 5.74) is 5.16. The molecule has 9 nitrogen and oxygen atoms in total. The second kappa shape index (κ2) is 12.9. The van der Waals surface area contributed by atoms with Crippen LogP contribution in [0.15, 0.2) is 66.7 Å². The Morgan fingerprint density at radius 2 is 1.38 bits per heavy atom. The Labute approximate surface area is 246 Å². The van der Waals surface area contributed by atoms with Gasteiger partial charge in [-0.3, -0.25) is 4.90 Å². The monoisotopic (exact) mass is 571 g/mol. The molecule has 3 aromatic carbocycles. The molecule has 2 aliphatic heterocycles. The van der Waals surface area contributed by atoms with Gasteiger partial charge in [0, 0.05) is 46.0 Å². The van der Waals surface area contributed by atoms with Gasteiger partial charge in [-0.05, 0) is 41.8 Å². The van der Waals surface area contributed by atoms with E-state index in [-0.39, 0.29) is 13.6 Å². The summed E-state index contributed by atoms with van der Waals surface area (Å²) < 4.78 is 36.4. The molecule has 0 unspecified atom stereocenters. The first kappa shape index (κ1) is 28.1. The topological polar surface area (TPSA) is 76.4 Å². The SMILES string of the molecule is CCCCn1c(-c2ccccc2)nc(C(OC)OC)c1CN(Cc1ccc2c(c1)OCO2)Cc1ccc2c(c1)OCO2. The summed E-state index contributed by atoms with van der Waals surface area (Å²) in [5, 5.41) is 0. The van der Waals surface area contributed by atoms with Crippen molar-refractivity contribution in [2.45, 2.75) is 52.2 Å². The third-order valence-corrected chi connectivity index (χ3v) is 7.58. The lowest BCUT2D eigenvalue weighted by Gasteiger charge is -2.25. The normalized spacial score (nSPS) is 13.5. The van der Waals surface area contributed by atoms with Crippen LogP contribution in [0.25, 0.3) is 11.4 Å². The number of imidazole rings is 1. The number of nitrogens with zero attached hydrogens (tertiary/aromatic N) is 3. The number of benzene rings is 3. The summed E-state index contributed by atoms with van der Waals surface area (Å²) in [5.74, 6) is 4.01. The summed E-state index contributed by atoms with van der Waals surface area (Å²) in [6.07, 6.45) is 1.50. The average molecular weight is 572 g/mol. The molecule has 4 aromatic rings. The Bertz CT molecular complexity index is 1440. The van der Waals surface area contributed by atoms with E-state index in [1.807, 2.05) is 30.3 Å². The van der Waals surface area contributed by atoms with Crippen LogP contribution in [0.5, 0.6) is 23.0 Å². The Hall–Kier alpha value is -4.05. The molecule has 0 fully saturated rings. The molecule has 9 heteroatoms. The van der Waals surface area contributed by atoms with Gasteiger partial charge in [0.05, 0.1) is 5.69 Å². The number of rotatable bonds is 13. The van der Waals surface area contributed by atoms with Crippen molar-refractivity contribution >= 4 is 0 Å². The largest absolute Gasteiger partial charge is 0.454 e. The molecule has 1 aromatic heterocycles. The van der Waals surface area contributed by atoms with E-state index in [0.29, 0.717) is 19.6 Å². The van der Waals surface area contributed by atoms with Gasteiger partial charge in [0.2, 0.25) is 19.9 Å². The zero-order chi connectivity index (χ0) is 28.9. The maximum Gasteiger partial charge on any atom is 0.231 e. The number of methoxy groups -OCH3 is 2. The van der Waals surface area contributed by atoms with Gasteiger partial charge in [0.15, 0.2) is 23.0 Å². The predicted molar refractivity (Wildman–Crippen MR) is 157 cm³/mol. The number of aromatic nitrogens is 2. The third kappa shape index (κ3) is 5.94. The van der Waals surface area contributed by atoms with Gasteiger partial charge in [-0.2, -0.15) is 0 Å². The first-order valence-corrected chi connectivity index (χ1v) is 14.4.